The number of hydrogen-bond donors (Lipinski definition) is 1. The minimum atomic E-state index is -0.575. The van der Waals surface area contributed by atoms with Gasteiger partial charge in [0.05, 0.1) is 19.3 Å². The molecule has 1 heterocycles. The normalized spacial score (nSPS) is 25.9. The quantitative estimate of drug-likeness (QED) is 0.747. The van der Waals surface area contributed by atoms with Crippen molar-refractivity contribution in [3.8, 4) is 0 Å². The van der Waals surface area contributed by atoms with E-state index in [1.807, 2.05) is 67.6 Å². The molecule has 2 aromatic carbocycles. The molecule has 0 aromatic heterocycles. The number of carbonyl (C=O) groups is 1. The first kappa shape index (κ1) is 21.5. The van der Waals surface area contributed by atoms with Gasteiger partial charge in [-0.2, -0.15) is 0 Å². The fourth-order valence-corrected chi connectivity index (χ4v) is 3.60. The van der Waals surface area contributed by atoms with E-state index in [1.54, 1.807) is 0 Å². The molecule has 29 heavy (non-hydrogen) atoms. The molecule has 0 unspecified atom stereocenters. The molecule has 5 heteroatoms. The second-order valence-corrected chi connectivity index (χ2v) is 7.63. The molecule has 1 saturated heterocycles. The van der Waals surface area contributed by atoms with Crippen molar-refractivity contribution in [3.63, 3.8) is 0 Å². The molecular formula is C24H31NO4. The predicted molar refractivity (Wildman–Crippen MR) is 112 cm³/mol. The van der Waals surface area contributed by atoms with Crippen LogP contribution in [0.3, 0.4) is 0 Å². The molecule has 3 rings (SSSR count). The number of carbonyl (C=O) groups excluding carboxylic acids is 1. The van der Waals surface area contributed by atoms with Crippen molar-refractivity contribution in [3.05, 3.63) is 71.8 Å². The highest BCUT2D eigenvalue weighted by molar-refractivity contribution is 5.75. The first-order chi connectivity index (χ1) is 14.1. The summed E-state index contributed by atoms with van der Waals surface area (Å²) in [5, 5.41) is 0. The van der Waals surface area contributed by atoms with Crippen LogP contribution in [0.4, 0.5) is 0 Å². The highest BCUT2D eigenvalue weighted by atomic mass is 16.6. The maximum Gasteiger partial charge on any atom is 0.323 e. The van der Waals surface area contributed by atoms with Crippen LogP contribution in [0, 0.1) is 0 Å². The molecule has 0 aliphatic carbocycles. The first-order valence-electron chi connectivity index (χ1n) is 10.4. The van der Waals surface area contributed by atoms with Crippen molar-refractivity contribution in [2.45, 2.75) is 70.2 Å². The highest BCUT2D eigenvalue weighted by Gasteiger charge is 2.33. The topological polar surface area (TPSA) is 70.8 Å². The van der Waals surface area contributed by atoms with Gasteiger partial charge in [0.15, 0.2) is 0 Å². The number of benzene rings is 2. The Morgan fingerprint density at radius 1 is 0.897 bits per heavy atom. The second kappa shape index (κ2) is 11.1. The van der Waals surface area contributed by atoms with Crippen LogP contribution < -0.4 is 5.73 Å². The van der Waals surface area contributed by atoms with Gasteiger partial charge in [0.2, 0.25) is 0 Å². The molecule has 1 fully saturated rings. The number of hydrogen-bond acceptors (Lipinski definition) is 5. The largest absolute Gasteiger partial charge is 0.459 e. The van der Waals surface area contributed by atoms with E-state index in [2.05, 4.69) is 0 Å². The van der Waals surface area contributed by atoms with Crippen LogP contribution >= 0.6 is 0 Å². The number of rotatable bonds is 6. The molecule has 4 atom stereocenters. The number of nitrogens with two attached hydrogens (primary N) is 1. The number of esters is 1. The van der Waals surface area contributed by atoms with Crippen molar-refractivity contribution >= 4 is 5.97 Å². The molecule has 0 spiro atoms. The van der Waals surface area contributed by atoms with E-state index in [9.17, 15) is 4.79 Å². The second-order valence-electron chi connectivity index (χ2n) is 7.63. The van der Waals surface area contributed by atoms with Gasteiger partial charge in [-0.15, -0.1) is 0 Å². The Morgan fingerprint density at radius 3 is 2.07 bits per heavy atom. The Morgan fingerprint density at radius 2 is 1.45 bits per heavy atom. The summed E-state index contributed by atoms with van der Waals surface area (Å²) < 4.78 is 18.2. The summed E-state index contributed by atoms with van der Waals surface area (Å²) in [5.74, 6) is -0.366. The van der Waals surface area contributed by atoms with E-state index >= 15 is 0 Å². The molecule has 0 radical (unpaired) electrons. The summed E-state index contributed by atoms with van der Waals surface area (Å²) in [7, 11) is 0. The van der Waals surface area contributed by atoms with Gasteiger partial charge in [-0.05, 0) is 30.9 Å². The smallest absolute Gasteiger partial charge is 0.323 e. The minimum Gasteiger partial charge on any atom is -0.459 e. The molecule has 2 N–H and O–H groups in total. The summed E-state index contributed by atoms with van der Waals surface area (Å²) in [4.78, 5) is 12.3. The van der Waals surface area contributed by atoms with Crippen LogP contribution in [-0.4, -0.2) is 30.3 Å². The van der Waals surface area contributed by atoms with Crippen molar-refractivity contribution in [1.29, 1.82) is 0 Å². The SMILES string of the molecule is C[C@@H]1OC(=O)[C@@H](N)CCCC[C@H](OCc2ccccc2)[C@H]1OCc1ccccc1. The zero-order valence-electron chi connectivity index (χ0n) is 17.0. The van der Waals surface area contributed by atoms with E-state index in [-0.39, 0.29) is 18.2 Å². The Hall–Kier alpha value is -2.21. The summed E-state index contributed by atoms with van der Waals surface area (Å²) in [6.07, 6.45) is 2.27. The van der Waals surface area contributed by atoms with Crippen molar-refractivity contribution in [2.75, 3.05) is 0 Å². The van der Waals surface area contributed by atoms with Gasteiger partial charge in [0.1, 0.15) is 18.2 Å². The van der Waals surface area contributed by atoms with Crippen molar-refractivity contribution in [2.24, 2.45) is 5.73 Å². The fraction of sp³-hybridized carbons (Fsp3) is 0.458. The van der Waals surface area contributed by atoms with Crippen LogP contribution in [0.15, 0.2) is 60.7 Å². The average Bonchev–Trinajstić information content (AvgIpc) is 2.75. The lowest BCUT2D eigenvalue weighted by Gasteiger charge is -2.33. The Bertz CT molecular complexity index is 737. The standard InChI is InChI=1S/C24H31NO4/c1-18-23(28-17-20-12-6-3-7-13-20)22(27-16-19-10-4-2-5-11-19)15-9-8-14-21(25)24(26)29-18/h2-7,10-13,18,21-23H,8-9,14-17,25H2,1H3/t18-,21-,22-,23-/m0/s1. The zero-order valence-corrected chi connectivity index (χ0v) is 17.0. The van der Waals surface area contributed by atoms with Crippen LogP contribution in [0.2, 0.25) is 0 Å². The van der Waals surface area contributed by atoms with Crippen LogP contribution in [0.25, 0.3) is 0 Å². The Balaban J connectivity index is 1.73. The predicted octanol–water partition coefficient (Wildman–Crippen LogP) is 3.99. The van der Waals surface area contributed by atoms with E-state index in [0.717, 1.165) is 30.4 Å². The minimum absolute atomic E-state index is 0.170. The third-order valence-electron chi connectivity index (χ3n) is 5.28. The van der Waals surface area contributed by atoms with Gasteiger partial charge in [0.25, 0.3) is 0 Å². The van der Waals surface area contributed by atoms with Gasteiger partial charge in [-0.1, -0.05) is 73.5 Å². The van der Waals surface area contributed by atoms with Gasteiger partial charge in [-0.25, -0.2) is 0 Å². The third-order valence-corrected chi connectivity index (χ3v) is 5.28. The lowest BCUT2D eigenvalue weighted by molar-refractivity contribution is -0.173. The molecular weight excluding hydrogens is 366 g/mol. The maximum atomic E-state index is 12.3. The van der Waals surface area contributed by atoms with Gasteiger partial charge >= 0.3 is 5.97 Å². The molecule has 1 aliphatic rings. The lowest BCUT2D eigenvalue weighted by atomic mass is 9.99. The summed E-state index contributed by atoms with van der Waals surface area (Å²) >= 11 is 0. The molecule has 0 amide bonds. The third kappa shape index (κ3) is 6.67. The summed E-state index contributed by atoms with van der Waals surface area (Å²) in [6, 6.07) is 19.5. The maximum absolute atomic E-state index is 12.3. The molecule has 1 aliphatic heterocycles. The van der Waals surface area contributed by atoms with Gasteiger partial charge in [-0.3, -0.25) is 4.79 Å². The lowest BCUT2D eigenvalue weighted by Crippen LogP contribution is -2.45. The van der Waals surface area contributed by atoms with Crippen LogP contribution in [-0.2, 0) is 32.2 Å². The van der Waals surface area contributed by atoms with Crippen LogP contribution in [0.1, 0.15) is 43.7 Å². The summed E-state index contributed by atoms with van der Waals surface area (Å²) in [5.41, 5.74) is 8.14. The number of cyclic esters (lactones) is 1. The average molecular weight is 398 g/mol. The van der Waals surface area contributed by atoms with E-state index in [4.69, 9.17) is 19.9 Å². The molecule has 0 saturated carbocycles. The fourth-order valence-electron chi connectivity index (χ4n) is 3.60. The first-order valence-corrected chi connectivity index (χ1v) is 10.4. The monoisotopic (exact) mass is 397 g/mol. The van der Waals surface area contributed by atoms with E-state index < -0.39 is 12.1 Å². The van der Waals surface area contributed by atoms with E-state index in [1.165, 1.54) is 0 Å². The molecule has 2 aromatic rings. The van der Waals surface area contributed by atoms with Gasteiger partial charge in [0, 0.05) is 0 Å². The molecule has 5 nitrogen and oxygen atoms in total. The summed E-state index contributed by atoms with van der Waals surface area (Å²) in [6.45, 7) is 2.79. The molecule has 0 bridgehead atoms. The van der Waals surface area contributed by atoms with Crippen LogP contribution in [0.5, 0.6) is 0 Å². The van der Waals surface area contributed by atoms with Crippen molar-refractivity contribution < 1.29 is 19.0 Å². The molecule has 156 valence electrons. The van der Waals surface area contributed by atoms with E-state index in [0.29, 0.717) is 19.6 Å². The number of ether oxygens (including phenoxy) is 3. The van der Waals surface area contributed by atoms with Gasteiger partial charge < -0.3 is 19.9 Å². The Kier molecular flexibility index (Phi) is 8.23. The van der Waals surface area contributed by atoms with Crippen molar-refractivity contribution in [1.82, 2.24) is 0 Å². The zero-order chi connectivity index (χ0) is 20.5. The highest BCUT2D eigenvalue weighted by Crippen LogP contribution is 2.23. The Labute approximate surface area is 173 Å².